The molecule has 96 valence electrons. The van der Waals surface area contributed by atoms with E-state index in [1.165, 1.54) is 43.4 Å². The van der Waals surface area contributed by atoms with E-state index >= 15 is 0 Å². The van der Waals surface area contributed by atoms with Crippen LogP contribution in [0.4, 0.5) is 0 Å². The molecule has 1 aliphatic rings. The van der Waals surface area contributed by atoms with E-state index in [9.17, 15) is 0 Å². The van der Waals surface area contributed by atoms with Gasteiger partial charge in [0, 0.05) is 4.47 Å². The van der Waals surface area contributed by atoms with E-state index in [4.69, 9.17) is 0 Å². The molecule has 0 N–H and O–H groups in total. The molecule has 0 nitrogen and oxygen atoms in total. The van der Waals surface area contributed by atoms with Crippen LogP contribution in [0, 0.1) is 20.8 Å². The Morgan fingerprint density at radius 3 is 2.32 bits per heavy atom. The number of aryl methyl sites for hydroxylation is 3. The van der Waals surface area contributed by atoms with Gasteiger partial charge < -0.3 is 0 Å². The van der Waals surface area contributed by atoms with Crippen LogP contribution in [0.2, 0.25) is 0 Å². The lowest BCUT2D eigenvalue weighted by molar-refractivity contribution is 1.28. The predicted molar refractivity (Wildman–Crippen MR) is 86.5 cm³/mol. The van der Waals surface area contributed by atoms with Gasteiger partial charge in [-0.1, -0.05) is 45.8 Å². The SMILES string of the molecule is Cc1cc(C)c(-c2cc(Br)cc3c2C=CC3)c(C)c1. The minimum atomic E-state index is 1.05. The second-order valence-electron chi connectivity index (χ2n) is 5.41. The zero-order valence-electron chi connectivity index (χ0n) is 11.5. The van der Waals surface area contributed by atoms with Crippen molar-refractivity contribution in [2.24, 2.45) is 0 Å². The summed E-state index contributed by atoms with van der Waals surface area (Å²) < 4.78 is 1.17. The highest BCUT2D eigenvalue weighted by molar-refractivity contribution is 9.10. The summed E-state index contributed by atoms with van der Waals surface area (Å²) in [5, 5.41) is 0. The maximum absolute atomic E-state index is 3.65. The third kappa shape index (κ3) is 2.17. The van der Waals surface area contributed by atoms with E-state index in [1.54, 1.807) is 0 Å². The number of allylic oxidation sites excluding steroid dienone is 1. The van der Waals surface area contributed by atoms with Crippen molar-refractivity contribution >= 4 is 22.0 Å². The highest BCUT2D eigenvalue weighted by Gasteiger charge is 2.16. The first-order chi connectivity index (χ1) is 9.06. The number of halogens is 1. The van der Waals surface area contributed by atoms with Crippen molar-refractivity contribution in [1.82, 2.24) is 0 Å². The molecule has 0 saturated heterocycles. The van der Waals surface area contributed by atoms with Gasteiger partial charge in [0.1, 0.15) is 0 Å². The molecule has 0 saturated carbocycles. The molecule has 0 amide bonds. The minimum absolute atomic E-state index is 1.05. The van der Waals surface area contributed by atoms with Crippen LogP contribution in [-0.2, 0) is 6.42 Å². The molecule has 2 aromatic rings. The van der Waals surface area contributed by atoms with E-state index in [2.05, 4.69) is 73.1 Å². The van der Waals surface area contributed by atoms with Crippen molar-refractivity contribution in [3.05, 3.63) is 62.6 Å². The van der Waals surface area contributed by atoms with E-state index in [1.807, 2.05) is 0 Å². The predicted octanol–water partition coefficient (Wildman–Crippen LogP) is 5.61. The lowest BCUT2D eigenvalue weighted by Crippen LogP contribution is -1.94. The zero-order chi connectivity index (χ0) is 13.6. The summed E-state index contributed by atoms with van der Waals surface area (Å²) in [6.45, 7) is 6.58. The minimum Gasteiger partial charge on any atom is -0.0795 e. The van der Waals surface area contributed by atoms with Crippen molar-refractivity contribution in [2.75, 3.05) is 0 Å². The lowest BCUT2D eigenvalue weighted by Gasteiger charge is -2.15. The van der Waals surface area contributed by atoms with Crippen molar-refractivity contribution < 1.29 is 0 Å². The van der Waals surface area contributed by atoms with Crippen molar-refractivity contribution in [3.63, 3.8) is 0 Å². The van der Waals surface area contributed by atoms with Crippen LogP contribution < -0.4 is 0 Å². The third-order valence-corrected chi connectivity index (χ3v) is 4.26. The monoisotopic (exact) mass is 312 g/mol. The van der Waals surface area contributed by atoms with Crippen LogP contribution in [-0.4, -0.2) is 0 Å². The molecule has 0 bridgehead atoms. The Morgan fingerprint density at radius 1 is 0.947 bits per heavy atom. The Hall–Kier alpha value is -1.34. The first kappa shape index (κ1) is 12.7. The summed E-state index contributed by atoms with van der Waals surface area (Å²) >= 11 is 3.65. The Kier molecular flexibility index (Phi) is 3.10. The van der Waals surface area contributed by atoms with Gasteiger partial charge in [0.15, 0.2) is 0 Å². The van der Waals surface area contributed by atoms with Gasteiger partial charge in [0.05, 0.1) is 0 Å². The smallest absolute Gasteiger partial charge is 0.0184 e. The summed E-state index contributed by atoms with van der Waals surface area (Å²) in [6, 6.07) is 9.03. The molecule has 2 aromatic carbocycles. The highest BCUT2D eigenvalue weighted by atomic mass is 79.9. The van der Waals surface area contributed by atoms with Crippen molar-refractivity contribution in [3.8, 4) is 11.1 Å². The standard InChI is InChI=1S/C18H17Br/c1-11-7-12(2)18(13(3)8-11)17-10-15(19)9-14-5-4-6-16(14)17/h4,6-10H,5H2,1-3H3. The Balaban J connectivity index is 2.32. The largest absolute Gasteiger partial charge is 0.0795 e. The molecular formula is C18H17Br. The van der Waals surface area contributed by atoms with Gasteiger partial charge in [0.25, 0.3) is 0 Å². The molecule has 0 unspecified atom stereocenters. The molecule has 0 aromatic heterocycles. The molecule has 0 atom stereocenters. The number of benzene rings is 2. The molecular weight excluding hydrogens is 296 g/mol. The molecule has 0 radical (unpaired) electrons. The van der Waals surface area contributed by atoms with Crippen molar-refractivity contribution in [1.29, 1.82) is 0 Å². The molecule has 0 heterocycles. The van der Waals surface area contributed by atoms with Crippen LogP contribution >= 0.6 is 15.9 Å². The third-order valence-electron chi connectivity index (χ3n) is 3.80. The van der Waals surface area contributed by atoms with Crippen LogP contribution in [0.15, 0.2) is 34.8 Å². The molecule has 3 rings (SSSR count). The molecule has 19 heavy (non-hydrogen) atoms. The van der Waals surface area contributed by atoms with Crippen molar-refractivity contribution in [2.45, 2.75) is 27.2 Å². The number of hydrogen-bond donors (Lipinski definition) is 0. The lowest BCUT2D eigenvalue weighted by atomic mass is 9.90. The molecule has 0 fully saturated rings. The fourth-order valence-corrected chi connectivity index (χ4v) is 3.66. The summed E-state index contributed by atoms with van der Waals surface area (Å²) in [5.41, 5.74) is 9.60. The first-order valence-corrected chi connectivity index (χ1v) is 7.43. The number of hydrogen-bond acceptors (Lipinski definition) is 0. The van der Waals surface area contributed by atoms with Crippen LogP contribution in [0.1, 0.15) is 27.8 Å². The van der Waals surface area contributed by atoms with Gasteiger partial charge in [-0.2, -0.15) is 0 Å². The maximum atomic E-state index is 3.65. The second-order valence-corrected chi connectivity index (χ2v) is 6.32. The fourth-order valence-electron chi connectivity index (χ4n) is 3.16. The summed E-state index contributed by atoms with van der Waals surface area (Å²) in [6.07, 6.45) is 5.56. The topological polar surface area (TPSA) is 0 Å². The first-order valence-electron chi connectivity index (χ1n) is 6.63. The van der Waals surface area contributed by atoms with E-state index in [0.29, 0.717) is 0 Å². The van der Waals surface area contributed by atoms with E-state index in [-0.39, 0.29) is 0 Å². The second kappa shape index (κ2) is 4.64. The average molecular weight is 313 g/mol. The van der Waals surface area contributed by atoms with E-state index in [0.717, 1.165) is 6.42 Å². The Morgan fingerprint density at radius 2 is 1.63 bits per heavy atom. The molecule has 0 aliphatic heterocycles. The van der Waals surface area contributed by atoms with Gasteiger partial charge in [-0.15, -0.1) is 0 Å². The van der Waals surface area contributed by atoms with Crippen LogP contribution in [0.3, 0.4) is 0 Å². The van der Waals surface area contributed by atoms with Gasteiger partial charge in [-0.25, -0.2) is 0 Å². The van der Waals surface area contributed by atoms with Gasteiger partial charge in [0.2, 0.25) is 0 Å². The van der Waals surface area contributed by atoms with Crippen LogP contribution in [0.25, 0.3) is 17.2 Å². The molecule has 0 spiro atoms. The van der Waals surface area contributed by atoms with Gasteiger partial charge in [-0.3, -0.25) is 0 Å². The molecule has 1 heteroatoms. The average Bonchev–Trinajstić information content (AvgIpc) is 2.75. The zero-order valence-corrected chi connectivity index (χ0v) is 13.1. The Bertz CT molecular complexity index is 670. The summed E-state index contributed by atoms with van der Waals surface area (Å²) in [4.78, 5) is 0. The summed E-state index contributed by atoms with van der Waals surface area (Å²) in [7, 11) is 0. The number of fused-ring (bicyclic) bond motifs is 1. The van der Waals surface area contributed by atoms with Gasteiger partial charge in [-0.05, 0) is 72.7 Å². The fraction of sp³-hybridized carbons (Fsp3) is 0.222. The molecule has 1 aliphatic carbocycles. The normalized spacial score (nSPS) is 12.8. The summed E-state index contributed by atoms with van der Waals surface area (Å²) in [5.74, 6) is 0. The van der Waals surface area contributed by atoms with Gasteiger partial charge >= 0.3 is 0 Å². The quantitative estimate of drug-likeness (QED) is 0.642. The number of rotatable bonds is 1. The Labute approximate surface area is 123 Å². The van der Waals surface area contributed by atoms with Crippen LogP contribution in [0.5, 0.6) is 0 Å². The van der Waals surface area contributed by atoms with E-state index < -0.39 is 0 Å². The maximum Gasteiger partial charge on any atom is 0.0184 e. The highest BCUT2D eigenvalue weighted by Crippen LogP contribution is 2.37.